The van der Waals surface area contributed by atoms with Crippen LogP contribution in [0.5, 0.6) is 5.88 Å². The average molecular weight is 201 g/mol. The summed E-state index contributed by atoms with van der Waals surface area (Å²) in [4.78, 5) is 0.994. The topological polar surface area (TPSA) is 27.2 Å². The molecule has 0 spiro atoms. The van der Waals surface area contributed by atoms with E-state index < -0.39 is 0 Å². The van der Waals surface area contributed by atoms with E-state index in [9.17, 15) is 5.11 Å². The van der Waals surface area contributed by atoms with Gasteiger partial charge in [0.25, 0.3) is 4.83 Å². The minimum atomic E-state index is 0.0572. The quantitative estimate of drug-likeness (QED) is 0.509. The van der Waals surface area contributed by atoms with Gasteiger partial charge in [-0.15, -0.1) is 0 Å². The highest BCUT2D eigenvalue weighted by atomic mass is 32.1. The van der Waals surface area contributed by atoms with E-state index in [1.807, 2.05) is 36.4 Å². The van der Waals surface area contributed by atoms with Crippen molar-refractivity contribution in [2.24, 2.45) is 0 Å². The second kappa shape index (κ2) is 2.69. The first kappa shape index (κ1) is 7.76. The molecule has 0 amide bonds. The summed E-state index contributed by atoms with van der Waals surface area (Å²) in [5.74, 6) is 0.0572. The second-order valence-corrected chi connectivity index (χ2v) is 4.03. The first-order chi connectivity index (χ1) is 6.86. The zero-order valence-electron chi connectivity index (χ0n) is 7.31. The third-order valence-corrected chi connectivity index (χ3v) is 3.18. The number of thiazole rings is 1. The molecule has 2 heterocycles. The highest BCUT2D eigenvalue weighted by Gasteiger charge is 2.10. The lowest BCUT2D eigenvalue weighted by molar-refractivity contribution is -0.559. The predicted octanol–water partition coefficient (Wildman–Crippen LogP) is 1.71. The van der Waals surface area contributed by atoms with Crippen LogP contribution < -0.4 is 9.51 Å². The van der Waals surface area contributed by atoms with E-state index in [0.717, 1.165) is 15.7 Å². The summed E-state index contributed by atoms with van der Waals surface area (Å²) in [6.07, 6.45) is 0. The van der Waals surface area contributed by atoms with E-state index in [-0.39, 0.29) is 5.88 Å². The molecule has 0 aliphatic rings. The Labute approximate surface area is 84.7 Å². The molecule has 3 aromatic rings. The zero-order chi connectivity index (χ0) is 9.54. The summed E-state index contributed by atoms with van der Waals surface area (Å²) in [5.41, 5.74) is 0.983. The van der Waals surface area contributed by atoms with Gasteiger partial charge in [-0.25, -0.2) is 0 Å². The molecule has 0 bridgehead atoms. The van der Waals surface area contributed by atoms with Crippen LogP contribution in [0.1, 0.15) is 0 Å². The van der Waals surface area contributed by atoms with Crippen LogP contribution in [-0.2, 0) is 0 Å². The van der Waals surface area contributed by atoms with Crippen molar-refractivity contribution in [3.63, 3.8) is 0 Å². The van der Waals surface area contributed by atoms with Gasteiger partial charge in [0, 0.05) is 17.5 Å². The maximum absolute atomic E-state index is 11.6. The van der Waals surface area contributed by atoms with E-state index in [1.165, 1.54) is 11.3 Å². The van der Waals surface area contributed by atoms with Crippen LogP contribution in [0, 0.1) is 0 Å². The molecule has 0 N–H and O–H groups in total. The van der Waals surface area contributed by atoms with E-state index in [0.29, 0.717) is 0 Å². The van der Waals surface area contributed by atoms with Crippen molar-refractivity contribution in [2.75, 3.05) is 0 Å². The van der Waals surface area contributed by atoms with Crippen LogP contribution in [0.2, 0.25) is 0 Å². The number of rotatable bonds is 0. The van der Waals surface area contributed by atoms with Gasteiger partial charge in [-0.05, 0) is 12.1 Å². The number of hydrogen-bond acceptors (Lipinski definition) is 2. The van der Waals surface area contributed by atoms with Crippen LogP contribution in [0.15, 0.2) is 41.8 Å². The van der Waals surface area contributed by atoms with Gasteiger partial charge in [-0.3, -0.25) is 0 Å². The fourth-order valence-corrected chi connectivity index (χ4v) is 2.44. The SMILES string of the molecule is [O-]c1csc2ccc3ccccc3[n+]12. The van der Waals surface area contributed by atoms with Gasteiger partial charge >= 0.3 is 0 Å². The molecule has 0 fully saturated rings. The normalized spacial score (nSPS) is 11.1. The average Bonchev–Trinajstić information content (AvgIpc) is 2.61. The lowest BCUT2D eigenvalue weighted by Crippen LogP contribution is -2.24. The van der Waals surface area contributed by atoms with Crippen molar-refractivity contribution in [1.82, 2.24) is 0 Å². The molecule has 3 heteroatoms. The Morgan fingerprint density at radius 1 is 1.07 bits per heavy atom. The number of nitrogens with zero attached hydrogens (tertiary/aromatic N) is 1. The van der Waals surface area contributed by atoms with Crippen LogP contribution in [0.4, 0.5) is 0 Å². The zero-order valence-corrected chi connectivity index (χ0v) is 8.12. The summed E-state index contributed by atoms with van der Waals surface area (Å²) in [7, 11) is 0. The molecule has 1 aromatic carbocycles. The molecule has 0 saturated carbocycles. The van der Waals surface area contributed by atoms with E-state index in [1.54, 1.807) is 9.78 Å². The molecule has 0 atom stereocenters. The molecule has 14 heavy (non-hydrogen) atoms. The van der Waals surface area contributed by atoms with Gasteiger partial charge in [-0.2, -0.15) is 4.40 Å². The number of hydrogen-bond donors (Lipinski definition) is 0. The number of benzene rings is 1. The minimum Gasteiger partial charge on any atom is -0.822 e. The van der Waals surface area contributed by atoms with E-state index in [4.69, 9.17) is 0 Å². The Hall–Kier alpha value is -1.61. The van der Waals surface area contributed by atoms with Crippen LogP contribution >= 0.6 is 11.3 Å². The number of fused-ring (bicyclic) bond motifs is 3. The summed E-state index contributed by atoms with van der Waals surface area (Å²) in [6.45, 7) is 0. The maximum Gasteiger partial charge on any atom is 0.267 e. The molecule has 2 nitrogen and oxygen atoms in total. The van der Waals surface area contributed by atoms with Gasteiger partial charge in [0.05, 0.1) is 5.38 Å². The van der Waals surface area contributed by atoms with E-state index >= 15 is 0 Å². The fraction of sp³-hybridized carbons (Fsp3) is 0. The third kappa shape index (κ3) is 0.930. The second-order valence-electron chi connectivity index (χ2n) is 3.14. The Balaban J connectivity index is 2.65. The Kier molecular flexibility index (Phi) is 1.49. The molecule has 0 unspecified atom stereocenters. The van der Waals surface area contributed by atoms with Crippen molar-refractivity contribution in [3.8, 4) is 5.88 Å². The van der Waals surface area contributed by atoms with Gasteiger partial charge in [0.15, 0.2) is 5.88 Å². The van der Waals surface area contributed by atoms with E-state index in [2.05, 4.69) is 0 Å². The maximum atomic E-state index is 11.6. The lowest BCUT2D eigenvalue weighted by Gasteiger charge is -1.97. The van der Waals surface area contributed by atoms with Crippen LogP contribution in [-0.4, -0.2) is 0 Å². The molecule has 0 aliphatic carbocycles. The molecule has 3 rings (SSSR count). The molecule has 0 saturated heterocycles. The number of pyridine rings is 1. The number of para-hydroxylation sites is 1. The highest BCUT2D eigenvalue weighted by molar-refractivity contribution is 7.15. The first-order valence-electron chi connectivity index (χ1n) is 4.34. The first-order valence-corrected chi connectivity index (χ1v) is 5.22. The fourth-order valence-electron chi connectivity index (χ4n) is 1.67. The monoisotopic (exact) mass is 201 g/mol. The van der Waals surface area contributed by atoms with Gasteiger partial charge in [0.1, 0.15) is 0 Å². The Morgan fingerprint density at radius 3 is 2.86 bits per heavy atom. The largest absolute Gasteiger partial charge is 0.822 e. The molecule has 2 aromatic heterocycles. The Morgan fingerprint density at radius 2 is 1.93 bits per heavy atom. The predicted molar refractivity (Wildman–Crippen MR) is 54.4 cm³/mol. The standard InChI is InChI=1S/C11H7NOS/c13-10-7-14-11-6-5-8-3-1-2-4-9(8)12(10)11/h1-7H. The van der Waals surface area contributed by atoms with Crippen molar-refractivity contribution >= 4 is 27.1 Å². The van der Waals surface area contributed by atoms with Crippen molar-refractivity contribution < 1.29 is 9.51 Å². The van der Waals surface area contributed by atoms with Crippen LogP contribution in [0.25, 0.3) is 15.7 Å². The smallest absolute Gasteiger partial charge is 0.267 e. The molecule has 0 aliphatic heterocycles. The van der Waals surface area contributed by atoms with Crippen molar-refractivity contribution in [2.45, 2.75) is 0 Å². The lowest BCUT2D eigenvalue weighted by atomic mass is 10.2. The highest BCUT2D eigenvalue weighted by Crippen LogP contribution is 2.17. The third-order valence-electron chi connectivity index (χ3n) is 2.30. The Bertz CT molecular complexity index is 615. The summed E-state index contributed by atoms with van der Waals surface area (Å²) < 4.78 is 1.75. The van der Waals surface area contributed by atoms with Crippen LogP contribution in [0.3, 0.4) is 0 Å². The number of aromatic nitrogens is 1. The van der Waals surface area contributed by atoms with Gasteiger partial charge in [-0.1, -0.05) is 23.5 Å². The molecular formula is C11H7NOS. The summed E-state index contributed by atoms with van der Waals surface area (Å²) in [5, 5.41) is 14.3. The molecular weight excluding hydrogens is 194 g/mol. The summed E-state index contributed by atoms with van der Waals surface area (Å²) in [6, 6.07) is 11.9. The van der Waals surface area contributed by atoms with Gasteiger partial charge in [0.2, 0.25) is 5.52 Å². The summed E-state index contributed by atoms with van der Waals surface area (Å²) >= 11 is 1.48. The van der Waals surface area contributed by atoms with Crippen molar-refractivity contribution in [3.05, 3.63) is 41.8 Å². The molecule has 0 radical (unpaired) electrons. The van der Waals surface area contributed by atoms with Crippen molar-refractivity contribution in [1.29, 1.82) is 0 Å². The molecule has 68 valence electrons. The minimum absolute atomic E-state index is 0.0572. The van der Waals surface area contributed by atoms with Gasteiger partial charge < -0.3 is 5.11 Å².